The molecule has 0 radical (unpaired) electrons. The molecular formula is C17H17N7O. The lowest BCUT2D eigenvalue weighted by Gasteiger charge is -2.03. The van der Waals surface area contributed by atoms with Crippen molar-refractivity contribution < 1.29 is 5.11 Å². The second-order valence-electron chi connectivity index (χ2n) is 5.88. The van der Waals surface area contributed by atoms with Gasteiger partial charge >= 0.3 is 0 Å². The lowest BCUT2D eigenvalue weighted by molar-refractivity contribution is 0.477. The molecule has 2 N–H and O–H groups in total. The van der Waals surface area contributed by atoms with Crippen LogP contribution in [0.1, 0.15) is 11.5 Å². The Morgan fingerprint density at radius 2 is 1.92 bits per heavy atom. The van der Waals surface area contributed by atoms with Gasteiger partial charge in [-0.3, -0.25) is 4.68 Å². The molecule has 0 bridgehead atoms. The molecule has 4 rings (SSSR count). The minimum Gasteiger partial charge on any atom is -0.504 e. The van der Waals surface area contributed by atoms with Gasteiger partial charge in [-0.1, -0.05) is 0 Å². The van der Waals surface area contributed by atoms with Gasteiger partial charge in [0.1, 0.15) is 17.3 Å². The predicted octanol–water partition coefficient (Wildman–Crippen LogP) is 2.59. The van der Waals surface area contributed by atoms with Crippen molar-refractivity contribution >= 4 is 17.2 Å². The molecule has 8 heteroatoms. The van der Waals surface area contributed by atoms with Crippen LogP contribution in [0.25, 0.3) is 16.8 Å². The Morgan fingerprint density at radius 3 is 2.64 bits per heavy atom. The molecular weight excluding hydrogens is 318 g/mol. The Hall–Kier alpha value is -3.42. The third kappa shape index (κ3) is 2.78. The first-order valence-corrected chi connectivity index (χ1v) is 7.80. The van der Waals surface area contributed by atoms with Gasteiger partial charge in [0, 0.05) is 36.6 Å². The molecule has 25 heavy (non-hydrogen) atoms. The number of hydrogen-bond acceptors (Lipinski definition) is 6. The third-order valence-electron chi connectivity index (χ3n) is 3.88. The predicted molar refractivity (Wildman–Crippen MR) is 93.8 cm³/mol. The Bertz CT molecular complexity index is 1040. The molecule has 0 aliphatic carbocycles. The highest BCUT2D eigenvalue weighted by Gasteiger charge is 2.12. The van der Waals surface area contributed by atoms with Crippen molar-refractivity contribution in [3.63, 3.8) is 0 Å². The van der Waals surface area contributed by atoms with Crippen LogP contribution in [0.3, 0.4) is 0 Å². The fourth-order valence-corrected chi connectivity index (χ4v) is 2.88. The quantitative estimate of drug-likeness (QED) is 0.598. The number of anilines is 2. The van der Waals surface area contributed by atoms with E-state index in [0.29, 0.717) is 23.2 Å². The SMILES string of the molecule is Cc1cc(Nc2cc3cc(-c4c(O)cnn4C)ccn3n2)nc(C)n1. The summed E-state index contributed by atoms with van der Waals surface area (Å²) in [7, 11) is 1.79. The van der Waals surface area contributed by atoms with E-state index in [1.165, 1.54) is 6.20 Å². The van der Waals surface area contributed by atoms with Gasteiger partial charge in [0.25, 0.3) is 0 Å². The minimum atomic E-state index is 0.150. The van der Waals surface area contributed by atoms with Crippen LogP contribution >= 0.6 is 0 Å². The molecule has 4 aromatic heterocycles. The van der Waals surface area contributed by atoms with Gasteiger partial charge in [-0.2, -0.15) is 10.2 Å². The minimum absolute atomic E-state index is 0.150. The number of rotatable bonds is 3. The van der Waals surface area contributed by atoms with Crippen molar-refractivity contribution in [1.29, 1.82) is 0 Å². The smallest absolute Gasteiger partial charge is 0.161 e. The Balaban J connectivity index is 1.71. The first kappa shape index (κ1) is 15.1. The summed E-state index contributed by atoms with van der Waals surface area (Å²) >= 11 is 0. The average Bonchev–Trinajstić information content (AvgIpc) is 3.08. The molecule has 0 fully saturated rings. The zero-order valence-electron chi connectivity index (χ0n) is 14.1. The summed E-state index contributed by atoms with van der Waals surface area (Å²) in [6.45, 7) is 3.78. The second-order valence-corrected chi connectivity index (χ2v) is 5.88. The van der Waals surface area contributed by atoms with E-state index in [2.05, 4.69) is 25.5 Å². The number of pyridine rings is 1. The normalized spacial score (nSPS) is 11.2. The Morgan fingerprint density at radius 1 is 1.08 bits per heavy atom. The number of aryl methyl sites for hydroxylation is 3. The lowest BCUT2D eigenvalue weighted by Crippen LogP contribution is -1.99. The fourth-order valence-electron chi connectivity index (χ4n) is 2.88. The van der Waals surface area contributed by atoms with Gasteiger partial charge in [-0.15, -0.1) is 0 Å². The van der Waals surface area contributed by atoms with E-state index in [1.807, 2.05) is 44.3 Å². The summed E-state index contributed by atoms with van der Waals surface area (Å²) in [5.74, 6) is 2.25. The lowest BCUT2D eigenvalue weighted by atomic mass is 10.1. The molecule has 0 saturated carbocycles. The van der Waals surface area contributed by atoms with Gasteiger partial charge in [0.15, 0.2) is 11.6 Å². The van der Waals surface area contributed by atoms with Gasteiger partial charge in [-0.25, -0.2) is 14.5 Å². The van der Waals surface area contributed by atoms with Crippen LogP contribution in [-0.2, 0) is 7.05 Å². The molecule has 0 atom stereocenters. The molecule has 0 amide bonds. The number of hydrogen-bond donors (Lipinski definition) is 2. The van der Waals surface area contributed by atoms with Crippen molar-refractivity contribution in [3.05, 3.63) is 48.2 Å². The largest absolute Gasteiger partial charge is 0.504 e. The summed E-state index contributed by atoms with van der Waals surface area (Å²) in [5, 5.41) is 21.7. The number of aromatic hydroxyl groups is 1. The zero-order valence-corrected chi connectivity index (χ0v) is 14.1. The van der Waals surface area contributed by atoms with Gasteiger partial charge in [-0.05, 0) is 26.0 Å². The van der Waals surface area contributed by atoms with Crippen molar-refractivity contribution in [2.24, 2.45) is 7.05 Å². The molecule has 4 heterocycles. The zero-order chi connectivity index (χ0) is 17.6. The molecule has 8 nitrogen and oxygen atoms in total. The van der Waals surface area contributed by atoms with E-state index in [4.69, 9.17) is 0 Å². The molecule has 0 aromatic carbocycles. The highest BCUT2D eigenvalue weighted by Crippen LogP contribution is 2.29. The molecule has 0 spiro atoms. The first-order chi connectivity index (χ1) is 12.0. The highest BCUT2D eigenvalue weighted by molar-refractivity contribution is 5.72. The molecule has 4 aromatic rings. The van der Waals surface area contributed by atoms with Crippen LogP contribution in [0, 0.1) is 13.8 Å². The van der Waals surface area contributed by atoms with Gasteiger partial charge < -0.3 is 10.4 Å². The summed E-state index contributed by atoms with van der Waals surface area (Å²) in [4.78, 5) is 8.63. The van der Waals surface area contributed by atoms with E-state index in [1.54, 1.807) is 16.2 Å². The number of nitrogens with zero attached hydrogens (tertiary/aromatic N) is 6. The molecule has 0 saturated heterocycles. The van der Waals surface area contributed by atoms with Crippen LogP contribution < -0.4 is 5.32 Å². The van der Waals surface area contributed by atoms with E-state index in [0.717, 1.165) is 16.8 Å². The van der Waals surface area contributed by atoms with Crippen LogP contribution in [-0.4, -0.2) is 34.5 Å². The maximum Gasteiger partial charge on any atom is 0.161 e. The van der Waals surface area contributed by atoms with Crippen LogP contribution in [0.4, 0.5) is 11.6 Å². The van der Waals surface area contributed by atoms with Gasteiger partial charge in [0.05, 0.1) is 11.7 Å². The summed E-state index contributed by atoms with van der Waals surface area (Å²) in [5.41, 5.74) is 3.32. The van der Waals surface area contributed by atoms with Crippen LogP contribution in [0.15, 0.2) is 36.7 Å². The number of fused-ring (bicyclic) bond motifs is 1. The van der Waals surface area contributed by atoms with E-state index < -0.39 is 0 Å². The number of aromatic nitrogens is 6. The Kier molecular flexibility index (Phi) is 3.38. The molecule has 126 valence electrons. The van der Waals surface area contributed by atoms with Crippen molar-refractivity contribution in [2.45, 2.75) is 13.8 Å². The number of nitrogens with one attached hydrogen (secondary N) is 1. The standard InChI is InChI=1S/C17H17N7O/c1-10-6-15(20-11(2)19-10)21-16-8-13-7-12(4-5-24(13)22-16)17-14(25)9-18-23(17)3/h4-9,25H,1-3H3,(H,19,20,21,22). The maximum atomic E-state index is 9.98. The summed E-state index contributed by atoms with van der Waals surface area (Å²) in [6, 6.07) is 7.63. The summed E-state index contributed by atoms with van der Waals surface area (Å²) in [6.07, 6.45) is 3.28. The topological polar surface area (TPSA) is 93.2 Å². The molecule has 0 unspecified atom stereocenters. The van der Waals surface area contributed by atoms with Crippen LogP contribution in [0.2, 0.25) is 0 Å². The average molecular weight is 335 g/mol. The molecule has 0 aliphatic heterocycles. The van der Waals surface area contributed by atoms with Crippen molar-refractivity contribution in [2.75, 3.05) is 5.32 Å². The van der Waals surface area contributed by atoms with Crippen LogP contribution in [0.5, 0.6) is 5.75 Å². The van der Waals surface area contributed by atoms with E-state index in [9.17, 15) is 5.11 Å². The van der Waals surface area contributed by atoms with E-state index in [-0.39, 0.29) is 5.75 Å². The highest BCUT2D eigenvalue weighted by atomic mass is 16.3. The fraction of sp³-hybridized carbons (Fsp3) is 0.176. The maximum absolute atomic E-state index is 9.98. The third-order valence-corrected chi connectivity index (χ3v) is 3.88. The summed E-state index contributed by atoms with van der Waals surface area (Å²) < 4.78 is 3.41. The van der Waals surface area contributed by atoms with Crippen molar-refractivity contribution in [3.8, 4) is 17.0 Å². The van der Waals surface area contributed by atoms with Gasteiger partial charge in [0.2, 0.25) is 0 Å². The monoisotopic (exact) mass is 335 g/mol. The van der Waals surface area contributed by atoms with Crippen molar-refractivity contribution in [1.82, 2.24) is 29.4 Å². The van der Waals surface area contributed by atoms with E-state index >= 15 is 0 Å². The first-order valence-electron chi connectivity index (χ1n) is 7.80. The molecule has 0 aliphatic rings. The second kappa shape index (κ2) is 5.59. The Labute approximate surface area is 143 Å².